The van der Waals surface area contributed by atoms with Gasteiger partial charge in [0.05, 0.1) is 6.61 Å². The van der Waals surface area contributed by atoms with Crippen molar-refractivity contribution < 1.29 is 4.74 Å². The third-order valence-corrected chi connectivity index (χ3v) is 5.25. The molecule has 0 aromatic heterocycles. The van der Waals surface area contributed by atoms with E-state index < -0.39 is 0 Å². The van der Waals surface area contributed by atoms with E-state index in [0.717, 1.165) is 19.1 Å². The Bertz CT molecular complexity index is 385. The zero-order valence-corrected chi connectivity index (χ0v) is 16.1. The summed E-state index contributed by atoms with van der Waals surface area (Å²) in [7, 11) is 0. The minimum absolute atomic E-state index is 0.442. The third kappa shape index (κ3) is 7.53. The molecule has 0 aliphatic carbocycles. The van der Waals surface area contributed by atoms with Crippen LogP contribution in [0.3, 0.4) is 0 Å². The first-order valence-corrected chi connectivity index (χ1v) is 9.90. The number of hydrogen-bond acceptors (Lipinski definition) is 4. The highest BCUT2D eigenvalue weighted by Crippen LogP contribution is 2.19. The van der Waals surface area contributed by atoms with Crippen LogP contribution in [-0.4, -0.2) is 86.8 Å². The summed E-state index contributed by atoms with van der Waals surface area (Å²) in [6, 6.07) is 0. The number of hydrogen-bond donors (Lipinski definition) is 0. The topological polar surface area (TPSA) is 19.0 Å². The van der Waals surface area contributed by atoms with Gasteiger partial charge in [-0.2, -0.15) is 0 Å². The molecule has 0 radical (unpaired) electrons. The first kappa shape index (κ1) is 19.7. The molecule has 0 spiro atoms. The fraction of sp³-hybridized carbons (Fsp3) is 0.900. The summed E-state index contributed by atoms with van der Waals surface area (Å²) >= 11 is 0. The van der Waals surface area contributed by atoms with Crippen molar-refractivity contribution in [3.63, 3.8) is 0 Å². The van der Waals surface area contributed by atoms with Gasteiger partial charge in [-0.25, -0.2) is 0 Å². The maximum absolute atomic E-state index is 5.63. The molecule has 0 saturated carbocycles. The van der Waals surface area contributed by atoms with Gasteiger partial charge < -0.3 is 19.4 Å². The maximum atomic E-state index is 5.63. The molecule has 4 heteroatoms. The second kappa shape index (κ2) is 11.1. The highest BCUT2D eigenvalue weighted by Gasteiger charge is 2.23. The van der Waals surface area contributed by atoms with Crippen LogP contribution in [0, 0.1) is 23.7 Å². The SMILES string of the molecule is CCN1CCN(CC2CCN(CCOCC#CC(C)C)CC2)CC1. The summed E-state index contributed by atoms with van der Waals surface area (Å²) in [6.07, 6.45) is 2.70. The van der Waals surface area contributed by atoms with Crippen molar-refractivity contribution in [2.75, 3.05) is 72.1 Å². The van der Waals surface area contributed by atoms with Crippen molar-refractivity contribution in [2.45, 2.75) is 33.6 Å². The molecule has 138 valence electrons. The van der Waals surface area contributed by atoms with Crippen molar-refractivity contribution in [1.29, 1.82) is 0 Å². The Hall–Kier alpha value is -0.600. The van der Waals surface area contributed by atoms with Gasteiger partial charge in [0, 0.05) is 45.2 Å². The van der Waals surface area contributed by atoms with E-state index in [4.69, 9.17) is 4.74 Å². The molecule has 2 aliphatic rings. The molecule has 0 aromatic rings. The Morgan fingerprint density at radius 1 is 0.958 bits per heavy atom. The fourth-order valence-corrected chi connectivity index (χ4v) is 3.61. The van der Waals surface area contributed by atoms with Gasteiger partial charge in [0.1, 0.15) is 6.61 Å². The van der Waals surface area contributed by atoms with Gasteiger partial charge >= 0.3 is 0 Å². The summed E-state index contributed by atoms with van der Waals surface area (Å²) in [5.74, 6) is 7.56. The summed E-state index contributed by atoms with van der Waals surface area (Å²) in [6.45, 7) is 19.0. The van der Waals surface area contributed by atoms with Gasteiger partial charge in [0.2, 0.25) is 0 Å². The summed E-state index contributed by atoms with van der Waals surface area (Å²) < 4.78 is 5.63. The van der Waals surface area contributed by atoms with Gasteiger partial charge in [-0.3, -0.25) is 0 Å². The molecular formula is C20H37N3O. The predicted molar refractivity (Wildman–Crippen MR) is 101 cm³/mol. The van der Waals surface area contributed by atoms with Gasteiger partial charge in [-0.1, -0.05) is 32.6 Å². The molecule has 2 saturated heterocycles. The molecule has 2 heterocycles. The van der Waals surface area contributed by atoms with Crippen LogP contribution < -0.4 is 0 Å². The van der Waals surface area contributed by atoms with Crippen LogP contribution in [0.25, 0.3) is 0 Å². The first-order chi connectivity index (χ1) is 11.7. The number of ether oxygens (including phenoxy) is 1. The highest BCUT2D eigenvalue weighted by molar-refractivity contribution is 5.01. The van der Waals surface area contributed by atoms with Crippen molar-refractivity contribution in [3.05, 3.63) is 0 Å². The smallest absolute Gasteiger partial charge is 0.107 e. The van der Waals surface area contributed by atoms with Gasteiger partial charge in [0.15, 0.2) is 0 Å². The monoisotopic (exact) mass is 335 g/mol. The Morgan fingerprint density at radius 3 is 2.25 bits per heavy atom. The zero-order valence-electron chi connectivity index (χ0n) is 16.1. The largest absolute Gasteiger partial charge is 0.367 e. The number of likely N-dealkylation sites (N-methyl/N-ethyl adjacent to an activating group) is 1. The minimum Gasteiger partial charge on any atom is -0.367 e. The molecule has 0 atom stereocenters. The molecule has 0 unspecified atom stereocenters. The lowest BCUT2D eigenvalue weighted by atomic mass is 9.96. The molecule has 0 aromatic carbocycles. The van der Waals surface area contributed by atoms with E-state index in [1.807, 2.05) is 0 Å². The number of likely N-dealkylation sites (tertiary alicyclic amines) is 1. The molecule has 24 heavy (non-hydrogen) atoms. The van der Waals surface area contributed by atoms with E-state index in [-0.39, 0.29) is 0 Å². The van der Waals surface area contributed by atoms with Crippen molar-refractivity contribution >= 4 is 0 Å². The van der Waals surface area contributed by atoms with E-state index in [9.17, 15) is 0 Å². The zero-order chi connectivity index (χ0) is 17.2. The molecule has 0 N–H and O–H groups in total. The van der Waals surface area contributed by atoms with Crippen LogP contribution in [0.2, 0.25) is 0 Å². The Labute approximate surface area is 149 Å². The molecule has 2 aliphatic heterocycles. The maximum Gasteiger partial charge on any atom is 0.107 e. The van der Waals surface area contributed by atoms with Gasteiger partial charge in [-0.05, 0) is 38.4 Å². The Kier molecular flexibility index (Phi) is 9.12. The van der Waals surface area contributed by atoms with E-state index >= 15 is 0 Å². The van der Waals surface area contributed by atoms with Gasteiger partial charge in [-0.15, -0.1) is 0 Å². The molecule has 2 fully saturated rings. The van der Waals surface area contributed by atoms with Crippen molar-refractivity contribution in [3.8, 4) is 11.8 Å². The van der Waals surface area contributed by atoms with E-state index in [1.54, 1.807) is 0 Å². The van der Waals surface area contributed by atoms with Crippen LogP contribution in [0.4, 0.5) is 0 Å². The Morgan fingerprint density at radius 2 is 1.62 bits per heavy atom. The fourth-order valence-electron chi connectivity index (χ4n) is 3.61. The third-order valence-electron chi connectivity index (χ3n) is 5.25. The van der Waals surface area contributed by atoms with E-state index in [1.165, 1.54) is 65.2 Å². The van der Waals surface area contributed by atoms with Crippen LogP contribution in [0.1, 0.15) is 33.6 Å². The molecule has 0 amide bonds. The summed E-state index contributed by atoms with van der Waals surface area (Å²) in [4.78, 5) is 7.80. The van der Waals surface area contributed by atoms with Crippen LogP contribution in [-0.2, 0) is 4.74 Å². The predicted octanol–water partition coefficient (Wildman–Crippen LogP) is 2.01. The Balaban J connectivity index is 1.51. The number of rotatable bonds is 7. The average Bonchev–Trinajstić information content (AvgIpc) is 2.60. The highest BCUT2D eigenvalue weighted by atomic mass is 16.5. The molecular weight excluding hydrogens is 298 g/mol. The second-order valence-electron chi connectivity index (χ2n) is 7.55. The van der Waals surface area contributed by atoms with Crippen LogP contribution in [0.15, 0.2) is 0 Å². The van der Waals surface area contributed by atoms with Crippen molar-refractivity contribution in [1.82, 2.24) is 14.7 Å². The van der Waals surface area contributed by atoms with Crippen LogP contribution >= 0.6 is 0 Å². The summed E-state index contributed by atoms with van der Waals surface area (Å²) in [5.41, 5.74) is 0. The average molecular weight is 336 g/mol. The quantitative estimate of drug-likeness (QED) is 0.523. The van der Waals surface area contributed by atoms with Crippen molar-refractivity contribution in [2.24, 2.45) is 11.8 Å². The number of piperazine rings is 1. The second-order valence-corrected chi connectivity index (χ2v) is 7.55. The summed E-state index contributed by atoms with van der Waals surface area (Å²) in [5, 5.41) is 0. The van der Waals surface area contributed by atoms with E-state index in [0.29, 0.717) is 12.5 Å². The molecule has 0 bridgehead atoms. The lowest BCUT2D eigenvalue weighted by Crippen LogP contribution is -2.48. The normalized spacial score (nSPS) is 21.8. The van der Waals surface area contributed by atoms with E-state index in [2.05, 4.69) is 47.3 Å². The number of piperidine rings is 1. The van der Waals surface area contributed by atoms with Crippen LogP contribution in [0.5, 0.6) is 0 Å². The van der Waals surface area contributed by atoms with Gasteiger partial charge in [0.25, 0.3) is 0 Å². The molecule has 4 nitrogen and oxygen atoms in total. The lowest BCUT2D eigenvalue weighted by Gasteiger charge is -2.38. The minimum atomic E-state index is 0.442. The standard InChI is InChI=1S/C20H37N3O/c1-4-21-11-13-23(14-12-21)18-20-7-9-22(10-8-20)15-17-24-16-5-6-19(2)3/h19-20H,4,7-18H2,1-3H3. The molecule has 2 rings (SSSR count). The number of nitrogens with zero attached hydrogens (tertiary/aromatic N) is 3. The lowest BCUT2D eigenvalue weighted by molar-refractivity contribution is 0.0811. The first-order valence-electron chi connectivity index (χ1n) is 9.90.